The topological polar surface area (TPSA) is 120 Å². The van der Waals surface area contributed by atoms with Gasteiger partial charge in [0.2, 0.25) is 12.2 Å². The molecule has 30 heavy (non-hydrogen) atoms. The molecule has 0 aromatic heterocycles. The molecule has 162 valence electrons. The van der Waals surface area contributed by atoms with Crippen molar-refractivity contribution in [1.82, 2.24) is 5.32 Å². The average molecular weight is 419 g/mol. The van der Waals surface area contributed by atoms with Crippen molar-refractivity contribution < 1.29 is 38.3 Å². The molecule has 2 unspecified atom stereocenters. The summed E-state index contributed by atoms with van der Waals surface area (Å²) in [7, 11) is -1.31. The maximum absolute atomic E-state index is 12.6. The number of hydrogen-bond donors (Lipinski definition) is 2. The minimum Gasteiger partial charge on any atom is -0.534 e. The second kappa shape index (κ2) is 9.84. The first-order valence-electron chi connectivity index (χ1n) is 10.2. The molecule has 10 heteroatoms. The quantitative estimate of drug-likeness (QED) is 0.423. The number of carbonyl (C=O) groups excluding carboxylic acids is 3. The summed E-state index contributed by atoms with van der Waals surface area (Å²) >= 11 is 0. The van der Waals surface area contributed by atoms with Crippen LogP contribution in [0, 0.1) is 0 Å². The monoisotopic (exact) mass is 419 g/mol. The zero-order valence-corrected chi connectivity index (χ0v) is 17.1. The summed E-state index contributed by atoms with van der Waals surface area (Å²) in [6.45, 7) is 2.76. The molecule has 1 aliphatic carbocycles. The van der Waals surface area contributed by atoms with Gasteiger partial charge in [0.05, 0.1) is 5.94 Å². The van der Waals surface area contributed by atoms with Crippen molar-refractivity contribution in [2.45, 2.75) is 70.7 Å². The van der Waals surface area contributed by atoms with Gasteiger partial charge in [0.1, 0.15) is 17.4 Å². The molecule has 0 spiro atoms. The second-order valence-corrected chi connectivity index (χ2v) is 7.53. The number of nitrogens with one attached hydrogen (secondary N) is 1. The van der Waals surface area contributed by atoms with Gasteiger partial charge in [-0.25, -0.2) is 9.59 Å². The van der Waals surface area contributed by atoms with Crippen molar-refractivity contribution >= 4 is 25.2 Å². The largest absolute Gasteiger partial charge is 0.547 e. The number of para-hydroxylation sites is 1. The predicted octanol–water partition coefficient (Wildman–Crippen LogP) is 2.13. The standard InChI is InChI=1S/C20H26BNO8/c1-12(23)22-17-11-14-7-6-10-16(18(14)30-21(17)26)19(24)27-13(2)28-20(25)29-15-8-4-3-5-9-15/h6-7,10,13,15,17,26H,3-5,8-9,11H2,1-2H3,(H,22,23). The van der Waals surface area contributed by atoms with Gasteiger partial charge in [0, 0.05) is 13.8 Å². The number of esters is 1. The molecule has 3 rings (SSSR count). The molecule has 2 N–H and O–H groups in total. The highest BCUT2D eigenvalue weighted by Crippen LogP contribution is 2.31. The Morgan fingerprint density at radius 3 is 2.63 bits per heavy atom. The van der Waals surface area contributed by atoms with Gasteiger partial charge in [-0.2, -0.15) is 0 Å². The average Bonchev–Trinajstić information content (AvgIpc) is 2.68. The normalized spacial score (nSPS) is 19.7. The Hall–Kier alpha value is -2.75. The van der Waals surface area contributed by atoms with E-state index in [9.17, 15) is 19.4 Å². The summed E-state index contributed by atoms with van der Waals surface area (Å²) in [6.07, 6.45) is 2.85. The Morgan fingerprint density at radius 1 is 1.20 bits per heavy atom. The molecule has 2 aliphatic rings. The van der Waals surface area contributed by atoms with Gasteiger partial charge in [0.25, 0.3) is 0 Å². The Labute approximate surface area is 175 Å². The Balaban J connectivity index is 1.59. The summed E-state index contributed by atoms with van der Waals surface area (Å²) in [6, 6.07) is 4.86. The molecule has 1 aromatic carbocycles. The van der Waals surface area contributed by atoms with E-state index >= 15 is 0 Å². The molecule has 1 aromatic rings. The van der Waals surface area contributed by atoms with Crippen LogP contribution in [0.2, 0.25) is 0 Å². The summed E-state index contributed by atoms with van der Waals surface area (Å²) in [5, 5.41) is 12.8. The van der Waals surface area contributed by atoms with Crippen LogP contribution < -0.4 is 9.97 Å². The highest BCUT2D eigenvalue weighted by Gasteiger charge is 2.37. The molecule has 9 nitrogen and oxygen atoms in total. The predicted molar refractivity (Wildman–Crippen MR) is 106 cm³/mol. The zero-order chi connectivity index (χ0) is 21.7. The van der Waals surface area contributed by atoms with E-state index in [4.69, 9.17) is 18.9 Å². The van der Waals surface area contributed by atoms with E-state index in [2.05, 4.69) is 5.32 Å². The SMILES string of the molecule is CC(=O)NC1Cc2cccc(C(=O)OC(C)OC(=O)OC3CCCCC3)c2OB1O. The van der Waals surface area contributed by atoms with E-state index in [0.29, 0.717) is 5.56 Å². The van der Waals surface area contributed by atoms with Gasteiger partial charge in [-0.3, -0.25) is 4.79 Å². The van der Waals surface area contributed by atoms with Crippen LogP contribution in [0.5, 0.6) is 5.75 Å². The molecule has 1 fully saturated rings. The molecule has 1 saturated carbocycles. The smallest absolute Gasteiger partial charge is 0.534 e. The van der Waals surface area contributed by atoms with Crippen molar-refractivity contribution in [2.24, 2.45) is 0 Å². The van der Waals surface area contributed by atoms with E-state index in [0.717, 1.165) is 32.1 Å². The minimum atomic E-state index is -1.31. The summed E-state index contributed by atoms with van der Waals surface area (Å²) < 4.78 is 20.9. The van der Waals surface area contributed by atoms with Crippen molar-refractivity contribution in [3.63, 3.8) is 0 Å². The fourth-order valence-electron chi connectivity index (χ4n) is 3.69. The lowest BCUT2D eigenvalue weighted by atomic mass is 9.72. The van der Waals surface area contributed by atoms with E-state index < -0.39 is 31.5 Å². The Morgan fingerprint density at radius 2 is 1.93 bits per heavy atom. The molecule has 1 aliphatic heterocycles. The first kappa shape index (κ1) is 22.0. The number of fused-ring (bicyclic) bond motifs is 1. The fraction of sp³-hybridized carbons (Fsp3) is 0.550. The third-order valence-corrected chi connectivity index (χ3v) is 5.08. The number of amides is 1. The number of ether oxygens (including phenoxy) is 3. The molecule has 0 bridgehead atoms. The Kier molecular flexibility index (Phi) is 7.20. The molecule has 2 atom stereocenters. The number of benzene rings is 1. The van der Waals surface area contributed by atoms with Crippen molar-refractivity contribution in [2.75, 3.05) is 0 Å². The van der Waals surface area contributed by atoms with Gasteiger partial charge < -0.3 is 29.2 Å². The van der Waals surface area contributed by atoms with Crippen LogP contribution in [0.3, 0.4) is 0 Å². The summed E-state index contributed by atoms with van der Waals surface area (Å²) in [5.41, 5.74) is 0.725. The third-order valence-electron chi connectivity index (χ3n) is 5.08. The lowest BCUT2D eigenvalue weighted by Crippen LogP contribution is -2.52. The molecule has 0 radical (unpaired) electrons. The van der Waals surface area contributed by atoms with E-state index in [1.807, 2.05) is 0 Å². The van der Waals surface area contributed by atoms with Crippen molar-refractivity contribution in [3.05, 3.63) is 29.3 Å². The van der Waals surface area contributed by atoms with Gasteiger partial charge in [-0.1, -0.05) is 18.6 Å². The van der Waals surface area contributed by atoms with Crippen LogP contribution in [0.4, 0.5) is 4.79 Å². The molecule has 1 heterocycles. The van der Waals surface area contributed by atoms with Gasteiger partial charge in [-0.05, 0) is 43.7 Å². The summed E-state index contributed by atoms with van der Waals surface area (Å²) in [5.74, 6) is -1.52. The lowest BCUT2D eigenvalue weighted by molar-refractivity contribution is -0.119. The number of carbonyl (C=O) groups is 3. The van der Waals surface area contributed by atoms with Crippen molar-refractivity contribution in [3.8, 4) is 5.75 Å². The van der Waals surface area contributed by atoms with Gasteiger partial charge >= 0.3 is 19.2 Å². The molecule has 1 amide bonds. The zero-order valence-electron chi connectivity index (χ0n) is 17.1. The maximum atomic E-state index is 12.6. The number of hydrogen-bond acceptors (Lipinski definition) is 8. The van der Waals surface area contributed by atoms with Gasteiger partial charge in [0.15, 0.2) is 0 Å². The highest BCUT2D eigenvalue weighted by molar-refractivity contribution is 6.47. The highest BCUT2D eigenvalue weighted by atomic mass is 16.8. The van der Waals surface area contributed by atoms with E-state index in [1.165, 1.54) is 19.9 Å². The maximum Gasteiger partial charge on any atom is 0.547 e. The molecule has 0 saturated heterocycles. The first-order valence-corrected chi connectivity index (χ1v) is 10.2. The van der Waals surface area contributed by atoms with Crippen LogP contribution in [0.1, 0.15) is 61.9 Å². The van der Waals surface area contributed by atoms with E-state index in [-0.39, 0.29) is 29.7 Å². The van der Waals surface area contributed by atoms with Crippen LogP contribution in [0.25, 0.3) is 0 Å². The fourth-order valence-corrected chi connectivity index (χ4v) is 3.69. The van der Waals surface area contributed by atoms with Gasteiger partial charge in [-0.15, -0.1) is 0 Å². The van der Waals surface area contributed by atoms with Crippen LogP contribution in [-0.2, 0) is 25.4 Å². The summed E-state index contributed by atoms with van der Waals surface area (Å²) in [4.78, 5) is 35.8. The Bertz CT molecular complexity index is 795. The van der Waals surface area contributed by atoms with Crippen molar-refractivity contribution in [1.29, 1.82) is 0 Å². The van der Waals surface area contributed by atoms with E-state index in [1.54, 1.807) is 12.1 Å². The lowest BCUT2D eigenvalue weighted by Gasteiger charge is -2.29. The minimum absolute atomic E-state index is 0.0870. The second-order valence-electron chi connectivity index (χ2n) is 7.53. The van der Waals surface area contributed by atoms with Crippen LogP contribution in [0.15, 0.2) is 18.2 Å². The molecular formula is C20H26BNO8. The van der Waals surface area contributed by atoms with Crippen LogP contribution >= 0.6 is 0 Å². The van der Waals surface area contributed by atoms with Crippen LogP contribution in [-0.4, -0.2) is 48.5 Å². The first-order chi connectivity index (χ1) is 14.3. The third kappa shape index (κ3) is 5.66. The number of rotatable bonds is 5. The molecular weight excluding hydrogens is 393 g/mol.